The Morgan fingerprint density at radius 2 is 2.50 bits per heavy atom. The molecule has 12 heavy (non-hydrogen) atoms. The van der Waals surface area contributed by atoms with E-state index in [0.29, 0.717) is 12.6 Å². The molecular formula is C8H16N2O2. The molecule has 1 fully saturated rings. The Kier molecular flexibility index (Phi) is 4.04. The molecule has 0 aromatic heterocycles. The first-order valence-electron chi connectivity index (χ1n) is 4.44. The van der Waals surface area contributed by atoms with Crippen LogP contribution < -0.4 is 10.6 Å². The molecule has 0 radical (unpaired) electrons. The first kappa shape index (κ1) is 9.48. The van der Waals surface area contributed by atoms with E-state index in [2.05, 4.69) is 10.6 Å². The quantitative estimate of drug-likeness (QED) is 0.522. The van der Waals surface area contributed by atoms with E-state index in [1.54, 1.807) is 0 Å². The number of nitrogens with one attached hydrogen (secondary N) is 2. The van der Waals surface area contributed by atoms with E-state index in [1.165, 1.54) is 6.42 Å². The Balaban J connectivity index is 2.03. The van der Waals surface area contributed by atoms with Gasteiger partial charge in [0, 0.05) is 19.0 Å². The van der Waals surface area contributed by atoms with Gasteiger partial charge in [0.1, 0.15) is 0 Å². The minimum absolute atomic E-state index is 0.0637. The van der Waals surface area contributed by atoms with Gasteiger partial charge < -0.3 is 15.7 Å². The lowest BCUT2D eigenvalue weighted by Crippen LogP contribution is -2.37. The number of carbonyl (C=O) groups is 1. The third-order valence-electron chi connectivity index (χ3n) is 2.05. The summed E-state index contributed by atoms with van der Waals surface area (Å²) in [7, 11) is 0. The summed E-state index contributed by atoms with van der Waals surface area (Å²) in [6.45, 7) is 1.68. The van der Waals surface area contributed by atoms with Crippen molar-refractivity contribution >= 4 is 5.91 Å². The van der Waals surface area contributed by atoms with Crippen LogP contribution in [0.4, 0.5) is 0 Å². The third kappa shape index (κ3) is 3.19. The molecule has 3 N–H and O–H groups in total. The lowest BCUT2D eigenvalue weighted by Gasteiger charge is -2.10. The van der Waals surface area contributed by atoms with Crippen molar-refractivity contribution in [1.82, 2.24) is 10.6 Å². The lowest BCUT2D eigenvalue weighted by atomic mass is 10.2. The fourth-order valence-electron chi connectivity index (χ4n) is 1.36. The van der Waals surface area contributed by atoms with Crippen molar-refractivity contribution in [3.63, 3.8) is 0 Å². The molecule has 1 saturated heterocycles. The van der Waals surface area contributed by atoms with Crippen LogP contribution in [0.15, 0.2) is 0 Å². The molecule has 1 atom stereocenters. The topological polar surface area (TPSA) is 61.4 Å². The zero-order valence-electron chi connectivity index (χ0n) is 7.18. The van der Waals surface area contributed by atoms with Crippen LogP contribution in [0.25, 0.3) is 0 Å². The summed E-state index contributed by atoms with van der Waals surface area (Å²) in [5.41, 5.74) is 0. The van der Waals surface area contributed by atoms with Crippen molar-refractivity contribution < 1.29 is 9.90 Å². The molecule has 0 aromatic rings. The number of aliphatic hydroxyl groups excluding tert-OH is 1. The van der Waals surface area contributed by atoms with Gasteiger partial charge in [-0.05, 0) is 19.4 Å². The molecular weight excluding hydrogens is 156 g/mol. The van der Waals surface area contributed by atoms with Crippen LogP contribution >= 0.6 is 0 Å². The molecule has 1 heterocycles. The second kappa shape index (κ2) is 5.11. The van der Waals surface area contributed by atoms with Crippen molar-refractivity contribution in [3.8, 4) is 0 Å². The molecule has 0 saturated carbocycles. The molecule has 70 valence electrons. The predicted molar refractivity (Wildman–Crippen MR) is 45.7 cm³/mol. The average molecular weight is 172 g/mol. The van der Waals surface area contributed by atoms with E-state index in [4.69, 9.17) is 5.11 Å². The van der Waals surface area contributed by atoms with Gasteiger partial charge in [0.25, 0.3) is 0 Å². The zero-order valence-corrected chi connectivity index (χ0v) is 7.18. The molecule has 0 aliphatic carbocycles. The first-order chi connectivity index (χ1) is 5.83. The zero-order chi connectivity index (χ0) is 8.81. The van der Waals surface area contributed by atoms with Crippen LogP contribution in [0.1, 0.15) is 19.3 Å². The van der Waals surface area contributed by atoms with E-state index in [-0.39, 0.29) is 18.9 Å². The first-order valence-corrected chi connectivity index (χ1v) is 4.44. The Labute approximate surface area is 72.3 Å². The summed E-state index contributed by atoms with van der Waals surface area (Å²) in [5.74, 6) is -0.0637. The van der Waals surface area contributed by atoms with Crippen LogP contribution in [0.5, 0.6) is 0 Å². The number of amides is 1. The molecule has 0 bridgehead atoms. The lowest BCUT2D eigenvalue weighted by molar-refractivity contribution is -0.121. The Hall–Kier alpha value is -0.610. The summed E-state index contributed by atoms with van der Waals surface area (Å²) in [5, 5.41) is 14.5. The highest BCUT2D eigenvalue weighted by Gasteiger charge is 2.13. The highest BCUT2D eigenvalue weighted by molar-refractivity contribution is 5.75. The van der Waals surface area contributed by atoms with Gasteiger partial charge in [0.2, 0.25) is 5.91 Å². The number of aliphatic hydroxyl groups is 1. The molecule has 4 heteroatoms. The van der Waals surface area contributed by atoms with E-state index in [9.17, 15) is 4.79 Å². The van der Waals surface area contributed by atoms with E-state index in [1.807, 2.05) is 0 Å². The molecule has 1 aliphatic rings. The largest absolute Gasteiger partial charge is 0.396 e. The van der Waals surface area contributed by atoms with Crippen LogP contribution in [-0.4, -0.2) is 36.8 Å². The number of hydrogen-bond acceptors (Lipinski definition) is 3. The van der Waals surface area contributed by atoms with Gasteiger partial charge in [-0.25, -0.2) is 0 Å². The summed E-state index contributed by atoms with van der Waals surface area (Å²) in [4.78, 5) is 10.9. The van der Waals surface area contributed by atoms with Gasteiger partial charge in [0.05, 0.1) is 6.61 Å². The molecule has 1 amide bonds. The highest BCUT2D eigenvalue weighted by atomic mass is 16.3. The maximum atomic E-state index is 10.9. The summed E-state index contributed by atoms with van der Waals surface area (Å²) in [6.07, 6.45) is 2.55. The number of hydrogen-bond donors (Lipinski definition) is 3. The molecule has 1 unspecified atom stereocenters. The second-order valence-corrected chi connectivity index (χ2v) is 3.07. The van der Waals surface area contributed by atoms with Gasteiger partial charge in [-0.3, -0.25) is 4.79 Å². The average Bonchev–Trinajstić information content (AvgIpc) is 2.53. The predicted octanol–water partition coefficient (Wildman–Crippen LogP) is -0.763. The van der Waals surface area contributed by atoms with E-state index in [0.717, 1.165) is 13.0 Å². The smallest absolute Gasteiger partial charge is 0.222 e. The van der Waals surface area contributed by atoms with E-state index < -0.39 is 0 Å². The van der Waals surface area contributed by atoms with Crippen molar-refractivity contribution in [2.75, 3.05) is 19.7 Å². The molecule has 1 aliphatic heterocycles. The van der Waals surface area contributed by atoms with Crippen molar-refractivity contribution in [2.24, 2.45) is 0 Å². The Morgan fingerprint density at radius 3 is 3.08 bits per heavy atom. The van der Waals surface area contributed by atoms with Gasteiger partial charge in [-0.15, -0.1) is 0 Å². The molecule has 0 spiro atoms. The summed E-state index contributed by atoms with van der Waals surface area (Å²) in [6, 6.07) is 0.438. The standard InChI is InChI=1S/C8H16N2O2/c11-5-3-8(12)10-6-7-2-1-4-9-7/h7,9,11H,1-6H2,(H,10,12). The number of carbonyl (C=O) groups excluding carboxylic acids is 1. The van der Waals surface area contributed by atoms with Gasteiger partial charge in [-0.2, -0.15) is 0 Å². The summed E-state index contributed by atoms with van der Waals surface area (Å²) >= 11 is 0. The fourth-order valence-corrected chi connectivity index (χ4v) is 1.36. The highest BCUT2D eigenvalue weighted by Crippen LogP contribution is 2.02. The normalized spacial score (nSPS) is 22.6. The number of rotatable bonds is 4. The van der Waals surface area contributed by atoms with E-state index >= 15 is 0 Å². The summed E-state index contributed by atoms with van der Waals surface area (Å²) < 4.78 is 0. The second-order valence-electron chi connectivity index (χ2n) is 3.07. The van der Waals surface area contributed by atoms with Gasteiger partial charge in [0.15, 0.2) is 0 Å². The molecule has 1 rings (SSSR count). The van der Waals surface area contributed by atoms with Crippen LogP contribution in [0.2, 0.25) is 0 Å². The van der Waals surface area contributed by atoms with Crippen LogP contribution in [0.3, 0.4) is 0 Å². The minimum Gasteiger partial charge on any atom is -0.396 e. The molecule has 0 aromatic carbocycles. The SMILES string of the molecule is O=C(CCO)NCC1CCCN1. The Bertz CT molecular complexity index is 144. The monoisotopic (exact) mass is 172 g/mol. The van der Waals surface area contributed by atoms with Crippen LogP contribution in [-0.2, 0) is 4.79 Å². The van der Waals surface area contributed by atoms with Gasteiger partial charge >= 0.3 is 0 Å². The minimum atomic E-state index is -0.0655. The van der Waals surface area contributed by atoms with Gasteiger partial charge in [-0.1, -0.05) is 0 Å². The van der Waals surface area contributed by atoms with Crippen molar-refractivity contribution in [2.45, 2.75) is 25.3 Å². The maximum Gasteiger partial charge on any atom is 0.222 e. The van der Waals surface area contributed by atoms with Crippen molar-refractivity contribution in [3.05, 3.63) is 0 Å². The third-order valence-corrected chi connectivity index (χ3v) is 2.05. The fraction of sp³-hybridized carbons (Fsp3) is 0.875. The van der Waals surface area contributed by atoms with Crippen LogP contribution in [0, 0.1) is 0 Å². The van der Waals surface area contributed by atoms with Crippen molar-refractivity contribution in [1.29, 1.82) is 0 Å². The molecule has 4 nitrogen and oxygen atoms in total. The Morgan fingerprint density at radius 1 is 1.67 bits per heavy atom. The maximum absolute atomic E-state index is 10.9.